The van der Waals surface area contributed by atoms with E-state index < -0.39 is 21.6 Å². The van der Waals surface area contributed by atoms with Gasteiger partial charge in [-0.15, -0.1) is 0 Å². The second kappa shape index (κ2) is 18.0. The molecule has 0 saturated heterocycles. The molecule has 8 aromatic carbocycles. The second-order valence-electron chi connectivity index (χ2n) is 24.6. The number of benzene rings is 8. The van der Waals surface area contributed by atoms with Crippen molar-refractivity contribution in [3.05, 3.63) is 234 Å². The molecule has 11 rings (SSSR count). The van der Waals surface area contributed by atoms with Gasteiger partial charge in [0.1, 0.15) is 5.58 Å². The summed E-state index contributed by atoms with van der Waals surface area (Å²) in [7, 11) is -3.18. The van der Waals surface area contributed by atoms with Crippen LogP contribution in [0.3, 0.4) is 0 Å². The fourth-order valence-electron chi connectivity index (χ4n) is 11.3. The lowest BCUT2D eigenvalue weighted by molar-refractivity contribution is 0.590. The van der Waals surface area contributed by atoms with Crippen LogP contribution >= 0.6 is 0 Å². The van der Waals surface area contributed by atoms with Gasteiger partial charge in [0.15, 0.2) is 0 Å². The van der Waals surface area contributed by atoms with Crippen molar-refractivity contribution in [2.24, 2.45) is 0 Å². The minimum Gasteiger partial charge on any atom is -0.437 e. The first-order valence-electron chi connectivity index (χ1n) is 26.4. The van der Waals surface area contributed by atoms with E-state index in [4.69, 9.17) is 9.40 Å². The minimum atomic E-state index is -1.61. The summed E-state index contributed by atoms with van der Waals surface area (Å²) < 4.78 is 7.26. The molecule has 0 fully saturated rings. The maximum absolute atomic E-state index is 7.26. The Balaban J connectivity index is 1.25. The lowest BCUT2D eigenvalue weighted by Gasteiger charge is -2.36. The molecule has 6 heteroatoms. The van der Waals surface area contributed by atoms with E-state index in [-0.39, 0.29) is 10.8 Å². The highest BCUT2D eigenvalue weighted by Crippen LogP contribution is 2.61. The maximum atomic E-state index is 7.26. The van der Waals surface area contributed by atoms with Crippen molar-refractivity contribution in [3.63, 3.8) is 0 Å². The smallest absolute Gasteiger partial charge is 0.227 e. The highest BCUT2D eigenvalue weighted by molar-refractivity contribution is 6.89. The molecule has 74 heavy (non-hydrogen) atoms. The largest absolute Gasteiger partial charge is 0.437 e. The molecular formula is C68H69N3OSi2. The number of pyridine rings is 1. The van der Waals surface area contributed by atoms with Gasteiger partial charge in [0.2, 0.25) is 5.71 Å². The molecule has 0 amide bonds. The monoisotopic (exact) mass is 999 g/mol. The number of rotatable bonds is 10. The topological polar surface area (TPSA) is 32.5 Å². The zero-order valence-electron chi connectivity index (χ0n) is 45.3. The SMILES string of the molecule is CC(C)(C)c1ccc(N(c2ccc([Si](C)(C)C)cc2)c2ccc3c(c2)C(c2ccccc2)(c2ccccc2)c2cc(N(c4ccc(C(C)(C)C)cc4)c4ccc([Si](C)(C)C)cc4)c4c(oc5ncccc54)c2-3)cc1. The quantitative estimate of drug-likeness (QED) is 0.128. The van der Waals surface area contributed by atoms with Gasteiger partial charge in [-0.2, -0.15) is 0 Å². The Bertz CT molecular complexity index is 3510. The standard InChI is InChI=1S/C68H69N3OSi2/c1-66(2,3)46-25-29-50(30-26-46)70(51-33-38-55(39-34-51)73(7,8)9)54-37-42-57-59(44-54)68(48-20-15-13-16-21-48,49-22-17-14-18-23-49)60-45-61(63-58-24-19-43-69-65(58)72-64(63)62(57)60)71(52-31-27-47(28-32-52)67(4,5)6)53-35-40-56(41-36-53)74(10,11)12/h13-45H,1-12H3. The predicted octanol–water partition coefficient (Wildman–Crippen LogP) is 18.0. The normalized spacial score (nSPS) is 13.5. The summed E-state index contributed by atoms with van der Waals surface area (Å²) in [4.78, 5) is 9.85. The molecule has 0 unspecified atom stereocenters. The number of furan rings is 1. The van der Waals surface area contributed by atoms with Crippen LogP contribution < -0.4 is 20.2 Å². The van der Waals surface area contributed by atoms with Gasteiger partial charge in [0.25, 0.3) is 0 Å². The highest BCUT2D eigenvalue weighted by Gasteiger charge is 2.49. The summed E-state index contributed by atoms with van der Waals surface area (Å²) in [5.41, 5.74) is 16.8. The van der Waals surface area contributed by atoms with Gasteiger partial charge in [-0.25, -0.2) is 4.98 Å². The van der Waals surface area contributed by atoms with Crippen LogP contribution in [-0.2, 0) is 16.2 Å². The highest BCUT2D eigenvalue weighted by atomic mass is 28.3. The van der Waals surface area contributed by atoms with Crippen molar-refractivity contribution < 1.29 is 4.42 Å². The molecule has 370 valence electrons. The van der Waals surface area contributed by atoms with E-state index in [1.165, 1.54) is 43.8 Å². The van der Waals surface area contributed by atoms with Crippen LogP contribution in [0.25, 0.3) is 33.2 Å². The Morgan fingerprint density at radius 3 is 1.35 bits per heavy atom. The van der Waals surface area contributed by atoms with Crippen LogP contribution in [0.1, 0.15) is 74.9 Å². The Morgan fingerprint density at radius 1 is 0.446 bits per heavy atom. The van der Waals surface area contributed by atoms with E-state index in [1.54, 1.807) is 0 Å². The second-order valence-corrected chi connectivity index (χ2v) is 34.7. The third-order valence-electron chi connectivity index (χ3n) is 15.5. The molecular weight excluding hydrogens is 931 g/mol. The first-order chi connectivity index (χ1) is 35.2. The van der Waals surface area contributed by atoms with Crippen molar-refractivity contribution in [2.45, 2.75) is 97.1 Å². The Kier molecular flexibility index (Phi) is 11.9. The van der Waals surface area contributed by atoms with Crippen LogP contribution in [0.2, 0.25) is 39.3 Å². The summed E-state index contributed by atoms with van der Waals surface area (Å²) in [6.07, 6.45) is 1.85. The molecule has 4 nitrogen and oxygen atoms in total. The summed E-state index contributed by atoms with van der Waals surface area (Å²) in [6.45, 7) is 28.2. The van der Waals surface area contributed by atoms with Gasteiger partial charge in [0, 0.05) is 40.2 Å². The zero-order valence-corrected chi connectivity index (χ0v) is 47.3. The van der Waals surface area contributed by atoms with Crippen LogP contribution in [0.5, 0.6) is 0 Å². The van der Waals surface area contributed by atoms with E-state index >= 15 is 0 Å². The Morgan fingerprint density at radius 2 is 0.892 bits per heavy atom. The molecule has 0 aliphatic heterocycles. The molecule has 0 bridgehead atoms. The minimum absolute atomic E-state index is 0.00586. The van der Waals surface area contributed by atoms with Crippen LogP contribution in [0.15, 0.2) is 205 Å². The third kappa shape index (κ3) is 8.42. The Hall–Kier alpha value is -7.26. The van der Waals surface area contributed by atoms with Gasteiger partial charge >= 0.3 is 0 Å². The van der Waals surface area contributed by atoms with Gasteiger partial charge in [0.05, 0.1) is 38.0 Å². The number of aromatic nitrogens is 1. The predicted molar refractivity (Wildman–Crippen MR) is 322 cm³/mol. The molecule has 0 radical (unpaired) electrons. The molecule has 0 spiro atoms. The molecule has 2 heterocycles. The Labute approximate surface area is 441 Å². The molecule has 1 aliphatic carbocycles. The number of anilines is 6. The molecule has 1 aliphatic rings. The molecule has 0 N–H and O–H groups in total. The van der Waals surface area contributed by atoms with E-state index in [0.717, 1.165) is 61.6 Å². The zero-order chi connectivity index (χ0) is 52.0. The summed E-state index contributed by atoms with van der Waals surface area (Å²) >= 11 is 0. The molecule has 0 saturated carbocycles. The average Bonchev–Trinajstić information content (AvgIpc) is 3.96. The van der Waals surface area contributed by atoms with Gasteiger partial charge in [-0.05, 0) is 129 Å². The van der Waals surface area contributed by atoms with Crippen molar-refractivity contribution in [2.75, 3.05) is 9.80 Å². The summed E-state index contributed by atoms with van der Waals surface area (Å²) in [6, 6.07) is 73.3. The number of hydrogen-bond donors (Lipinski definition) is 0. The number of nitrogens with zero attached hydrogens (tertiary/aromatic N) is 3. The number of hydrogen-bond acceptors (Lipinski definition) is 4. The van der Waals surface area contributed by atoms with Crippen LogP contribution in [0, 0.1) is 0 Å². The number of fused-ring (bicyclic) bond motifs is 7. The fourth-order valence-corrected chi connectivity index (χ4v) is 13.7. The van der Waals surface area contributed by atoms with Crippen molar-refractivity contribution in [1.29, 1.82) is 0 Å². The van der Waals surface area contributed by atoms with Gasteiger partial charge in [-0.1, -0.05) is 206 Å². The first kappa shape index (κ1) is 49.0. The van der Waals surface area contributed by atoms with E-state index in [0.29, 0.717) is 5.71 Å². The van der Waals surface area contributed by atoms with Crippen molar-refractivity contribution >= 4 is 82.7 Å². The maximum Gasteiger partial charge on any atom is 0.227 e. The third-order valence-corrected chi connectivity index (χ3v) is 19.6. The fraction of sp³-hybridized carbons (Fsp3) is 0.221. The molecule has 10 aromatic rings. The first-order valence-corrected chi connectivity index (χ1v) is 33.4. The molecule has 0 atom stereocenters. The van der Waals surface area contributed by atoms with Gasteiger partial charge < -0.3 is 14.2 Å². The van der Waals surface area contributed by atoms with Crippen molar-refractivity contribution in [3.8, 4) is 11.1 Å². The van der Waals surface area contributed by atoms with E-state index in [2.05, 4.69) is 279 Å². The van der Waals surface area contributed by atoms with Gasteiger partial charge in [-0.3, -0.25) is 0 Å². The van der Waals surface area contributed by atoms with E-state index in [1.807, 2.05) is 12.3 Å². The van der Waals surface area contributed by atoms with Crippen LogP contribution in [-0.4, -0.2) is 21.1 Å². The average molecular weight is 1000 g/mol. The van der Waals surface area contributed by atoms with Crippen molar-refractivity contribution in [1.82, 2.24) is 4.98 Å². The molecule has 2 aromatic heterocycles. The summed E-state index contributed by atoms with van der Waals surface area (Å²) in [5, 5.41) is 4.88. The van der Waals surface area contributed by atoms with E-state index in [9.17, 15) is 0 Å². The summed E-state index contributed by atoms with van der Waals surface area (Å²) in [5.74, 6) is 0. The lowest BCUT2D eigenvalue weighted by Crippen LogP contribution is -2.37. The lowest BCUT2D eigenvalue weighted by atomic mass is 9.67. The van der Waals surface area contributed by atoms with Crippen LogP contribution in [0.4, 0.5) is 34.1 Å².